The molecule has 0 bridgehead atoms. The molecule has 1 aromatic heterocycles. The summed E-state index contributed by atoms with van der Waals surface area (Å²) < 4.78 is 4.94. The number of methoxy groups -OCH3 is 1. The highest BCUT2D eigenvalue weighted by atomic mass is 16.5. The third kappa shape index (κ3) is 3.94. The zero-order valence-corrected chi connectivity index (χ0v) is 16.2. The van der Waals surface area contributed by atoms with Crippen molar-refractivity contribution in [2.75, 3.05) is 39.9 Å². The Kier molecular flexibility index (Phi) is 5.43. The maximum Gasteiger partial charge on any atom is 0.253 e. The number of H-pyrrole nitrogens is 1. The van der Waals surface area contributed by atoms with Crippen LogP contribution in [0.4, 0.5) is 0 Å². The van der Waals surface area contributed by atoms with Crippen molar-refractivity contribution in [3.05, 3.63) is 41.7 Å². The van der Waals surface area contributed by atoms with Crippen LogP contribution in [0.2, 0.25) is 0 Å². The van der Waals surface area contributed by atoms with Gasteiger partial charge in [-0.3, -0.25) is 14.7 Å². The predicted octanol–water partition coefficient (Wildman–Crippen LogP) is 2.27. The Balaban J connectivity index is 1.48. The Morgan fingerprint density at radius 2 is 1.96 bits per heavy atom. The van der Waals surface area contributed by atoms with Gasteiger partial charge in [-0.15, -0.1) is 0 Å². The van der Waals surface area contributed by atoms with E-state index in [1.54, 1.807) is 4.90 Å². The number of hydrogen-bond acceptors (Lipinski definition) is 4. The molecule has 7 heteroatoms. The number of carbonyl (C=O) groups is 2. The number of rotatable bonds is 5. The highest BCUT2D eigenvalue weighted by molar-refractivity contribution is 5.95. The number of ether oxygens (including phenoxy) is 1. The summed E-state index contributed by atoms with van der Waals surface area (Å²) in [6.07, 6.45) is 5.01. The smallest absolute Gasteiger partial charge is 0.253 e. The molecule has 2 aromatic rings. The molecule has 7 nitrogen and oxygen atoms in total. The Morgan fingerprint density at radius 3 is 2.75 bits per heavy atom. The maximum atomic E-state index is 13.1. The summed E-state index contributed by atoms with van der Waals surface area (Å²) in [6.45, 7) is 2.48. The van der Waals surface area contributed by atoms with Crippen LogP contribution in [0.1, 0.15) is 41.2 Å². The van der Waals surface area contributed by atoms with Crippen LogP contribution in [0.15, 0.2) is 30.5 Å². The van der Waals surface area contributed by atoms with Crippen LogP contribution in [0.25, 0.3) is 11.1 Å². The van der Waals surface area contributed by atoms with E-state index in [0.29, 0.717) is 37.7 Å². The van der Waals surface area contributed by atoms with E-state index in [4.69, 9.17) is 4.74 Å². The van der Waals surface area contributed by atoms with Crippen LogP contribution in [-0.2, 0) is 9.53 Å². The van der Waals surface area contributed by atoms with E-state index >= 15 is 0 Å². The topological polar surface area (TPSA) is 78.5 Å². The summed E-state index contributed by atoms with van der Waals surface area (Å²) in [5, 5.41) is 7.33. The van der Waals surface area contributed by atoms with E-state index in [-0.39, 0.29) is 18.4 Å². The van der Waals surface area contributed by atoms with Gasteiger partial charge in [0.25, 0.3) is 5.91 Å². The monoisotopic (exact) mass is 382 g/mol. The van der Waals surface area contributed by atoms with Gasteiger partial charge in [-0.25, -0.2) is 0 Å². The first-order valence-electron chi connectivity index (χ1n) is 9.87. The van der Waals surface area contributed by atoms with Gasteiger partial charge >= 0.3 is 0 Å². The second kappa shape index (κ2) is 8.14. The summed E-state index contributed by atoms with van der Waals surface area (Å²) in [4.78, 5) is 28.8. The van der Waals surface area contributed by atoms with Gasteiger partial charge in [-0.2, -0.15) is 5.10 Å². The van der Waals surface area contributed by atoms with Crippen molar-refractivity contribution in [2.45, 2.75) is 25.2 Å². The molecular weight excluding hydrogens is 356 g/mol. The molecule has 1 aliphatic carbocycles. The molecule has 1 aliphatic heterocycles. The molecule has 4 rings (SSSR count). The molecule has 1 saturated carbocycles. The standard InChI is InChI=1S/C21H26N4O3/c1-28-14-19(26)24-8-3-9-25(11-10-24)21(27)17-5-2-4-16(12-17)18-13-22-23-20(18)15-6-7-15/h2,4-5,12-13,15H,3,6-11,14H2,1H3,(H,22,23). The molecule has 28 heavy (non-hydrogen) atoms. The third-order valence-electron chi connectivity index (χ3n) is 5.48. The van der Waals surface area contributed by atoms with Crippen molar-refractivity contribution in [1.29, 1.82) is 0 Å². The summed E-state index contributed by atoms with van der Waals surface area (Å²) in [6, 6.07) is 7.78. The maximum absolute atomic E-state index is 13.1. The van der Waals surface area contributed by atoms with Crippen molar-refractivity contribution in [3.63, 3.8) is 0 Å². The largest absolute Gasteiger partial charge is 0.375 e. The lowest BCUT2D eigenvalue weighted by Crippen LogP contribution is -2.38. The normalized spacial score (nSPS) is 17.5. The molecule has 0 atom stereocenters. The van der Waals surface area contributed by atoms with E-state index < -0.39 is 0 Å². The Labute approximate surface area is 164 Å². The van der Waals surface area contributed by atoms with Crippen molar-refractivity contribution >= 4 is 11.8 Å². The van der Waals surface area contributed by atoms with Crippen molar-refractivity contribution in [1.82, 2.24) is 20.0 Å². The predicted molar refractivity (Wildman–Crippen MR) is 105 cm³/mol. The van der Waals surface area contributed by atoms with Crippen LogP contribution in [-0.4, -0.2) is 71.7 Å². The molecule has 0 radical (unpaired) electrons. The van der Waals surface area contributed by atoms with Gasteiger partial charge in [0.1, 0.15) is 6.61 Å². The van der Waals surface area contributed by atoms with Crippen LogP contribution in [0, 0.1) is 0 Å². The van der Waals surface area contributed by atoms with Gasteiger partial charge in [0, 0.05) is 56.0 Å². The van der Waals surface area contributed by atoms with Crippen molar-refractivity contribution in [3.8, 4) is 11.1 Å². The first kappa shape index (κ1) is 18.7. The lowest BCUT2D eigenvalue weighted by Gasteiger charge is -2.22. The minimum absolute atomic E-state index is 0.0133. The van der Waals surface area contributed by atoms with E-state index in [2.05, 4.69) is 10.2 Å². The second-order valence-electron chi connectivity index (χ2n) is 7.51. The average molecular weight is 382 g/mol. The minimum Gasteiger partial charge on any atom is -0.375 e. The van der Waals surface area contributed by atoms with E-state index in [9.17, 15) is 9.59 Å². The molecule has 1 aromatic carbocycles. The number of hydrogen-bond donors (Lipinski definition) is 1. The number of amides is 2. The second-order valence-corrected chi connectivity index (χ2v) is 7.51. The fourth-order valence-corrected chi connectivity index (χ4v) is 3.80. The summed E-state index contributed by atoms with van der Waals surface area (Å²) >= 11 is 0. The third-order valence-corrected chi connectivity index (χ3v) is 5.48. The number of benzene rings is 1. The highest BCUT2D eigenvalue weighted by Crippen LogP contribution is 2.43. The minimum atomic E-state index is -0.0219. The quantitative estimate of drug-likeness (QED) is 0.861. The van der Waals surface area contributed by atoms with Crippen LogP contribution in [0.5, 0.6) is 0 Å². The molecule has 2 heterocycles. The molecule has 0 spiro atoms. The van der Waals surface area contributed by atoms with Gasteiger partial charge in [0.15, 0.2) is 0 Å². The van der Waals surface area contributed by atoms with Gasteiger partial charge in [-0.1, -0.05) is 12.1 Å². The Hall–Kier alpha value is -2.67. The van der Waals surface area contributed by atoms with Crippen LogP contribution < -0.4 is 0 Å². The fraction of sp³-hybridized carbons (Fsp3) is 0.476. The molecule has 2 amide bonds. The van der Waals surface area contributed by atoms with Gasteiger partial charge < -0.3 is 14.5 Å². The summed E-state index contributed by atoms with van der Waals surface area (Å²) in [5.74, 6) is 0.559. The average Bonchev–Trinajstić information content (AvgIpc) is 3.49. The summed E-state index contributed by atoms with van der Waals surface area (Å²) in [7, 11) is 1.52. The molecule has 2 fully saturated rings. The Bertz CT molecular complexity index is 859. The zero-order chi connectivity index (χ0) is 19.5. The summed E-state index contributed by atoms with van der Waals surface area (Å²) in [5.41, 5.74) is 3.96. The first-order valence-corrected chi connectivity index (χ1v) is 9.87. The fourth-order valence-electron chi connectivity index (χ4n) is 3.80. The molecule has 1 saturated heterocycles. The van der Waals surface area contributed by atoms with Gasteiger partial charge in [-0.05, 0) is 37.0 Å². The number of nitrogens with zero attached hydrogens (tertiary/aromatic N) is 3. The van der Waals surface area contributed by atoms with E-state index in [1.165, 1.54) is 25.6 Å². The number of carbonyl (C=O) groups excluding carboxylic acids is 2. The van der Waals surface area contributed by atoms with Crippen LogP contribution >= 0.6 is 0 Å². The molecule has 148 valence electrons. The lowest BCUT2D eigenvalue weighted by molar-refractivity contribution is -0.135. The van der Waals surface area contributed by atoms with Crippen LogP contribution in [0.3, 0.4) is 0 Å². The van der Waals surface area contributed by atoms with E-state index in [1.807, 2.05) is 35.4 Å². The van der Waals surface area contributed by atoms with Gasteiger partial charge in [0.05, 0.1) is 6.20 Å². The van der Waals surface area contributed by atoms with Crippen molar-refractivity contribution in [2.24, 2.45) is 0 Å². The lowest BCUT2D eigenvalue weighted by atomic mass is 10.0. The number of nitrogens with one attached hydrogen (secondary N) is 1. The SMILES string of the molecule is COCC(=O)N1CCCN(C(=O)c2cccc(-c3cn[nH]c3C3CC3)c2)CC1. The number of aromatic amines is 1. The first-order chi connectivity index (χ1) is 13.7. The van der Waals surface area contributed by atoms with Crippen molar-refractivity contribution < 1.29 is 14.3 Å². The van der Waals surface area contributed by atoms with E-state index in [0.717, 1.165) is 17.5 Å². The Morgan fingerprint density at radius 1 is 1.18 bits per heavy atom. The molecule has 0 unspecified atom stereocenters. The highest BCUT2D eigenvalue weighted by Gasteiger charge is 2.28. The molecule has 1 N–H and O–H groups in total. The number of aromatic nitrogens is 2. The zero-order valence-electron chi connectivity index (χ0n) is 16.2. The van der Waals surface area contributed by atoms with Gasteiger partial charge in [0.2, 0.25) is 5.91 Å². The molecule has 2 aliphatic rings. The molecular formula is C21H26N4O3.